The summed E-state index contributed by atoms with van der Waals surface area (Å²) in [5, 5.41) is 11.9. The first-order valence-electron chi connectivity index (χ1n) is 7.76. The molecule has 0 bridgehead atoms. The number of hydrogen-bond acceptors (Lipinski definition) is 5. The molecule has 2 aromatic rings. The predicted octanol–water partition coefficient (Wildman–Crippen LogP) is 2.71. The van der Waals surface area contributed by atoms with Crippen molar-refractivity contribution in [2.24, 2.45) is 7.05 Å². The first-order valence-corrected chi connectivity index (χ1v) is 8.75. The molecule has 0 unspecified atom stereocenters. The third-order valence-corrected chi connectivity index (χ3v) is 4.15. The summed E-state index contributed by atoms with van der Waals surface area (Å²) < 4.78 is 7.60. The lowest BCUT2D eigenvalue weighted by Gasteiger charge is -2.20. The quantitative estimate of drug-likeness (QED) is 0.813. The Morgan fingerprint density at radius 2 is 2.08 bits per heavy atom. The number of hydrogen-bond donors (Lipinski definition) is 1. The molecule has 1 aromatic carbocycles. The molecule has 0 aliphatic heterocycles. The van der Waals surface area contributed by atoms with Crippen LogP contribution in [-0.4, -0.2) is 32.0 Å². The van der Waals surface area contributed by atoms with Crippen LogP contribution in [0.4, 0.5) is 0 Å². The zero-order valence-electron chi connectivity index (χ0n) is 14.8. The second-order valence-corrected chi connectivity index (χ2v) is 7.59. The average molecular weight is 348 g/mol. The molecule has 7 heteroatoms. The van der Waals surface area contributed by atoms with Gasteiger partial charge in [-0.3, -0.25) is 4.79 Å². The predicted molar refractivity (Wildman–Crippen MR) is 95.1 cm³/mol. The Kier molecular flexibility index (Phi) is 5.88. The first kappa shape index (κ1) is 18.3. The number of carbonyl (C=O) groups excluding carboxylic acids is 1. The van der Waals surface area contributed by atoms with E-state index in [1.165, 1.54) is 11.8 Å². The third-order valence-electron chi connectivity index (χ3n) is 3.13. The highest BCUT2D eigenvalue weighted by Gasteiger charge is 2.16. The lowest BCUT2D eigenvalue weighted by molar-refractivity contribution is -0.119. The van der Waals surface area contributed by atoms with E-state index in [4.69, 9.17) is 4.74 Å². The van der Waals surface area contributed by atoms with Gasteiger partial charge < -0.3 is 14.6 Å². The van der Waals surface area contributed by atoms with Gasteiger partial charge in [-0.05, 0) is 45.4 Å². The molecular formula is C17H24N4O2S. The number of ether oxygens (including phenoxy) is 1. The largest absolute Gasteiger partial charge is 0.486 e. The van der Waals surface area contributed by atoms with Gasteiger partial charge in [-0.1, -0.05) is 23.9 Å². The lowest BCUT2D eigenvalue weighted by Crippen LogP contribution is -2.41. The van der Waals surface area contributed by atoms with Crippen LogP contribution in [0.15, 0.2) is 29.4 Å². The van der Waals surface area contributed by atoms with Gasteiger partial charge in [0.2, 0.25) is 5.91 Å². The maximum absolute atomic E-state index is 11.9. The van der Waals surface area contributed by atoms with Crippen LogP contribution >= 0.6 is 11.8 Å². The molecule has 130 valence electrons. The molecular weight excluding hydrogens is 324 g/mol. The van der Waals surface area contributed by atoms with E-state index in [0.29, 0.717) is 17.5 Å². The summed E-state index contributed by atoms with van der Waals surface area (Å²) in [6.45, 7) is 8.23. The van der Waals surface area contributed by atoms with Crippen molar-refractivity contribution in [1.82, 2.24) is 20.1 Å². The van der Waals surface area contributed by atoms with E-state index in [2.05, 4.69) is 15.5 Å². The van der Waals surface area contributed by atoms with E-state index in [1.807, 2.05) is 63.6 Å². The Morgan fingerprint density at radius 3 is 2.75 bits per heavy atom. The minimum Gasteiger partial charge on any atom is -0.486 e. The molecule has 24 heavy (non-hydrogen) atoms. The maximum Gasteiger partial charge on any atom is 0.230 e. The fourth-order valence-corrected chi connectivity index (χ4v) is 2.76. The van der Waals surface area contributed by atoms with E-state index < -0.39 is 0 Å². The third kappa shape index (κ3) is 5.56. The zero-order chi connectivity index (χ0) is 17.7. The molecule has 1 amide bonds. The average Bonchev–Trinajstić information content (AvgIpc) is 2.82. The number of carbonyl (C=O) groups is 1. The Labute approximate surface area is 147 Å². The molecule has 0 radical (unpaired) electrons. The highest BCUT2D eigenvalue weighted by Crippen LogP contribution is 2.18. The van der Waals surface area contributed by atoms with Crippen molar-refractivity contribution in [2.45, 2.75) is 45.0 Å². The van der Waals surface area contributed by atoms with E-state index in [9.17, 15) is 4.79 Å². The van der Waals surface area contributed by atoms with E-state index in [0.717, 1.165) is 17.1 Å². The summed E-state index contributed by atoms with van der Waals surface area (Å²) in [5.41, 5.74) is 0.913. The van der Waals surface area contributed by atoms with Gasteiger partial charge in [0.15, 0.2) is 11.0 Å². The van der Waals surface area contributed by atoms with Crippen molar-refractivity contribution >= 4 is 17.7 Å². The van der Waals surface area contributed by atoms with E-state index >= 15 is 0 Å². The van der Waals surface area contributed by atoms with Crippen LogP contribution in [0.2, 0.25) is 0 Å². The maximum atomic E-state index is 11.9. The van der Waals surface area contributed by atoms with Crippen molar-refractivity contribution in [3.8, 4) is 5.75 Å². The van der Waals surface area contributed by atoms with Crippen LogP contribution in [0.1, 0.15) is 32.2 Å². The summed E-state index contributed by atoms with van der Waals surface area (Å²) in [5.74, 6) is 1.81. The Balaban J connectivity index is 1.90. The van der Waals surface area contributed by atoms with Crippen molar-refractivity contribution in [3.05, 3.63) is 35.7 Å². The second kappa shape index (κ2) is 7.70. The molecule has 1 heterocycles. The van der Waals surface area contributed by atoms with Crippen molar-refractivity contribution in [1.29, 1.82) is 0 Å². The number of aryl methyl sites for hydroxylation is 1. The summed E-state index contributed by atoms with van der Waals surface area (Å²) in [6.07, 6.45) is 0. The number of amides is 1. The molecule has 6 nitrogen and oxygen atoms in total. The van der Waals surface area contributed by atoms with Gasteiger partial charge in [-0.25, -0.2) is 0 Å². The number of thioether (sulfide) groups is 1. The standard InChI is InChI=1S/C17H24N4O2S/c1-12-7-6-8-13(9-12)23-10-14-19-20-16(21(14)5)24-11-15(22)18-17(2,3)4/h6-9H,10-11H2,1-5H3,(H,18,22). The van der Waals surface area contributed by atoms with Crippen LogP contribution in [0, 0.1) is 6.92 Å². The first-order chi connectivity index (χ1) is 11.2. The molecule has 2 rings (SSSR count). The number of benzene rings is 1. The molecule has 0 aliphatic carbocycles. The SMILES string of the molecule is Cc1cccc(OCc2nnc(SCC(=O)NC(C)(C)C)n2C)c1. The monoisotopic (exact) mass is 348 g/mol. The molecule has 0 fully saturated rings. The van der Waals surface area contributed by atoms with Gasteiger partial charge in [0.05, 0.1) is 5.75 Å². The minimum absolute atomic E-state index is 0.0203. The highest BCUT2D eigenvalue weighted by atomic mass is 32.2. The molecule has 1 aromatic heterocycles. The van der Waals surface area contributed by atoms with Gasteiger partial charge in [-0.15, -0.1) is 10.2 Å². The highest BCUT2D eigenvalue weighted by molar-refractivity contribution is 7.99. The van der Waals surface area contributed by atoms with Gasteiger partial charge in [-0.2, -0.15) is 0 Å². The number of nitrogens with zero attached hydrogens (tertiary/aromatic N) is 3. The van der Waals surface area contributed by atoms with Crippen LogP contribution in [-0.2, 0) is 18.4 Å². The van der Waals surface area contributed by atoms with Crippen molar-refractivity contribution in [2.75, 3.05) is 5.75 Å². The topological polar surface area (TPSA) is 69.0 Å². The number of nitrogens with one attached hydrogen (secondary N) is 1. The molecule has 0 atom stereocenters. The smallest absolute Gasteiger partial charge is 0.230 e. The number of aromatic nitrogens is 3. The van der Waals surface area contributed by atoms with E-state index in [1.54, 1.807) is 0 Å². The Morgan fingerprint density at radius 1 is 1.33 bits per heavy atom. The van der Waals surface area contributed by atoms with Gasteiger partial charge >= 0.3 is 0 Å². The van der Waals surface area contributed by atoms with Crippen LogP contribution in [0.25, 0.3) is 0 Å². The van der Waals surface area contributed by atoms with Crippen LogP contribution in [0.3, 0.4) is 0 Å². The summed E-state index contributed by atoms with van der Waals surface area (Å²) in [4.78, 5) is 11.9. The fraction of sp³-hybridized carbons (Fsp3) is 0.471. The summed E-state index contributed by atoms with van der Waals surface area (Å²) in [6, 6.07) is 7.86. The van der Waals surface area contributed by atoms with Gasteiger partial charge in [0, 0.05) is 12.6 Å². The molecule has 0 saturated heterocycles. The summed E-state index contributed by atoms with van der Waals surface area (Å²) in [7, 11) is 1.87. The molecule has 0 saturated carbocycles. The second-order valence-electron chi connectivity index (χ2n) is 6.65. The van der Waals surface area contributed by atoms with Crippen LogP contribution in [0.5, 0.6) is 5.75 Å². The Hall–Kier alpha value is -2.02. The molecule has 0 spiro atoms. The molecule has 0 aliphatic rings. The fourth-order valence-electron chi connectivity index (χ4n) is 2.03. The number of rotatable bonds is 6. The minimum atomic E-state index is -0.232. The van der Waals surface area contributed by atoms with Crippen LogP contribution < -0.4 is 10.1 Å². The molecule has 1 N–H and O–H groups in total. The van der Waals surface area contributed by atoms with Gasteiger partial charge in [0.1, 0.15) is 12.4 Å². The Bertz CT molecular complexity index is 707. The zero-order valence-corrected chi connectivity index (χ0v) is 15.6. The normalized spacial score (nSPS) is 11.4. The van der Waals surface area contributed by atoms with Gasteiger partial charge in [0.25, 0.3) is 0 Å². The van der Waals surface area contributed by atoms with Crippen molar-refractivity contribution < 1.29 is 9.53 Å². The van der Waals surface area contributed by atoms with Crippen molar-refractivity contribution in [3.63, 3.8) is 0 Å². The van der Waals surface area contributed by atoms with E-state index in [-0.39, 0.29) is 11.4 Å². The lowest BCUT2D eigenvalue weighted by atomic mass is 10.1. The summed E-state index contributed by atoms with van der Waals surface area (Å²) >= 11 is 1.36.